The van der Waals surface area contributed by atoms with Crippen molar-refractivity contribution in [1.29, 1.82) is 0 Å². The molecule has 0 unspecified atom stereocenters. The Morgan fingerprint density at radius 1 is 1.33 bits per heavy atom. The Morgan fingerprint density at radius 2 is 1.93 bits per heavy atom. The highest BCUT2D eigenvalue weighted by atomic mass is 79.9. The Kier molecular flexibility index (Phi) is 4.99. The second kappa shape index (κ2) is 6.03. The van der Waals surface area contributed by atoms with Crippen molar-refractivity contribution < 1.29 is 4.79 Å². The van der Waals surface area contributed by atoms with Crippen LogP contribution in [0.15, 0.2) is 28.7 Å². The summed E-state index contributed by atoms with van der Waals surface area (Å²) in [6.45, 7) is 3.25. The third-order valence-electron chi connectivity index (χ3n) is 2.21. The minimum Gasteiger partial charge on any atom is -0.298 e. The Balaban J connectivity index is 2.47. The number of hydrogen-bond donors (Lipinski definition) is 0. The fourth-order valence-corrected chi connectivity index (χ4v) is 1.63. The maximum absolute atomic E-state index is 11.2. The van der Waals surface area contributed by atoms with E-state index in [2.05, 4.69) is 28.1 Å². The molecule has 0 aliphatic rings. The highest BCUT2D eigenvalue weighted by Gasteiger charge is 2.04. The van der Waals surface area contributed by atoms with Gasteiger partial charge in [-0.2, -0.15) is 0 Å². The summed E-state index contributed by atoms with van der Waals surface area (Å²) in [5.41, 5.74) is 1.23. The number of rotatable bonds is 5. The van der Waals surface area contributed by atoms with E-state index in [0.717, 1.165) is 11.0 Å². The largest absolute Gasteiger partial charge is 0.298 e. The number of likely N-dealkylation sites (N-methyl/N-ethyl adjacent to an activating group) is 1. The first kappa shape index (κ1) is 12.4. The molecule has 1 aromatic rings. The van der Waals surface area contributed by atoms with E-state index in [4.69, 9.17) is 0 Å². The van der Waals surface area contributed by atoms with Crippen LogP contribution in [0.25, 0.3) is 0 Å². The molecule has 1 rings (SSSR count). The van der Waals surface area contributed by atoms with Gasteiger partial charge in [-0.1, -0.05) is 35.0 Å². The molecule has 2 nitrogen and oxygen atoms in total. The Labute approximate surface area is 99.4 Å². The molecule has 0 bridgehead atoms. The molecular weight excluding hydrogens is 254 g/mol. The molecule has 0 aromatic heterocycles. The zero-order chi connectivity index (χ0) is 11.3. The van der Waals surface area contributed by atoms with Crippen molar-refractivity contribution in [3.63, 3.8) is 0 Å². The lowest BCUT2D eigenvalue weighted by atomic mass is 10.2. The quantitative estimate of drug-likeness (QED) is 0.820. The summed E-state index contributed by atoms with van der Waals surface area (Å²) >= 11 is 3.40. The van der Waals surface area contributed by atoms with Gasteiger partial charge in [0.15, 0.2) is 0 Å². The first-order valence-electron chi connectivity index (χ1n) is 5.06. The van der Waals surface area contributed by atoms with Crippen LogP contribution in [-0.2, 0) is 11.3 Å². The minimum absolute atomic E-state index is 0.287. The molecule has 1 aromatic carbocycles. The molecule has 0 radical (unpaired) electrons. The summed E-state index contributed by atoms with van der Waals surface area (Å²) in [6, 6.07) is 8.17. The Bertz CT molecular complexity index is 321. The van der Waals surface area contributed by atoms with Crippen LogP contribution in [-0.4, -0.2) is 24.3 Å². The summed E-state index contributed by atoms with van der Waals surface area (Å²) in [5.74, 6) is 0.287. The molecule has 0 spiro atoms. The van der Waals surface area contributed by atoms with Gasteiger partial charge in [0.25, 0.3) is 0 Å². The molecule has 0 atom stereocenters. The zero-order valence-electron chi connectivity index (χ0n) is 9.16. The summed E-state index contributed by atoms with van der Waals surface area (Å²) < 4.78 is 1.08. The fraction of sp³-hybridized carbons (Fsp3) is 0.417. The van der Waals surface area contributed by atoms with Crippen LogP contribution in [0.5, 0.6) is 0 Å². The second-order valence-electron chi connectivity index (χ2n) is 3.69. The molecule has 0 heterocycles. The average Bonchev–Trinajstić information content (AvgIpc) is 2.21. The van der Waals surface area contributed by atoms with Gasteiger partial charge in [-0.05, 0) is 24.7 Å². The van der Waals surface area contributed by atoms with Crippen molar-refractivity contribution in [3.8, 4) is 0 Å². The van der Waals surface area contributed by atoms with Gasteiger partial charge in [0.2, 0.25) is 0 Å². The van der Waals surface area contributed by atoms with E-state index in [0.29, 0.717) is 13.0 Å². The fourth-order valence-electron chi connectivity index (χ4n) is 1.37. The maximum Gasteiger partial charge on any atom is 0.146 e. The molecule has 0 aliphatic heterocycles. The number of carbonyl (C=O) groups excluding carboxylic acids is 1. The van der Waals surface area contributed by atoms with E-state index in [-0.39, 0.29) is 5.78 Å². The standard InChI is InChI=1S/C12H16BrNO/c1-3-12(15)9-14(2)8-10-4-6-11(13)7-5-10/h4-7H,3,8-9H2,1-2H3. The molecule has 0 aliphatic carbocycles. The van der Waals surface area contributed by atoms with Gasteiger partial charge >= 0.3 is 0 Å². The van der Waals surface area contributed by atoms with Crippen LogP contribution in [0.4, 0.5) is 0 Å². The van der Waals surface area contributed by atoms with E-state index in [1.54, 1.807) is 0 Å². The SMILES string of the molecule is CCC(=O)CN(C)Cc1ccc(Br)cc1. The second-order valence-corrected chi connectivity index (χ2v) is 4.61. The molecule has 0 saturated heterocycles. The lowest BCUT2D eigenvalue weighted by molar-refractivity contribution is -0.119. The van der Waals surface area contributed by atoms with Crippen LogP contribution >= 0.6 is 15.9 Å². The van der Waals surface area contributed by atoms with Crippen molar-refractivity contribution in [3.05, 3.63) is 34.3 Å². The lowest BCUT2D eigenvalue weighted by Gasteiger charge is -2.15. The topological polar surface area (TPSA) is 20.3 Å². The van der Waals surface area contributed by atoms with Gasteiger partial charge in [0.05, 0.1) is 6.54 Å². The molecule has 0 fully saturated rings. The predicted molar refractivity (Wildman–Crippen MR) is 65.8 cm³/mol. The maximum atomic E-state index is 11.2. The van der Waals surface area contributed by atoms with E-state index in [1.807, 2.05) is 31.0 Å². The summed E-state index contributed by atoms with van der Waals surface area (Å²) in [6.07, 6.45) is 0.616. The number of nitrogens with zero attached hydrogens (tertiary/aromatic N) is 1. The van der Waals surface area contributed by atoms with Crippen LogP contribution in [0.2, 0.25) is 0 Å². The van der Waals surface area contributed by atoms with Crippen LogP contribution in [0, 0.1) is 0 Å². The van der Waals surface area contributed by atoms with Gasteiger partial charge in [-0.3, -0.25) is 9.69 Å². The first-order chi connectivity index (χ1) is 7.11. The van der Waals surface area contributed by atoms with Crippen LogP contribution in [0.3, 0.4) is 0 Å². The summed E-state index contributed by atoms with van der Waals surface area (Å²) in [7, 11) is 1.97. The van der Waals surface area contributed by atoms with Crippen molar-refractivity contribution in [2.75, 3.05) is 13.6 Å². The van der Waals surface area contributed by atoms with Crippen molar-refractivity contribution in [2.45, 2.75) is 19.9 Å². The highest BCUT2D eigenvalue weighted by Crippen LogP contribution is 2.11. The van der Waals surface area contributed by atoms with Crippen molar-refractivity contribution in [1.82, 2.24) is 4.90 Å². The Morgan fingerprint density at radius 3 is 2.47 bits per heavy atom. The van der Waals surface area contributed by atoms with Crippen LogP contribution < -0.4 is 0 Å². The molecule has 0 amide bonds. The highest BCUT2D eigenvalue weighted by molar-refractivity contribution is 9.10. The molecule has 15 heavy (non-hydrogen) atoms. The van der Waals surface area contributed by atoms with Gasteiger partial charge in [0, 0.05) is 17.4 Å². The minimum atomic E-state index is 0.287. The third kappa shape index (κ3) is 4.58. The Hall–Kier alpha value is -0.670. The van der Waals surface area contributed by atoms with E-state index in [1.165, 1.54) is 5.56 Å². The molecular formula is C12H16BrNO. The molecule has 0 N–H and O–H groups in total. The number of Topliss-reactive ketones (excluding diaryl/α,β-unsaturated/α-hetero) is 1. The number of ketones is 1. The average molecular weight is 270 g/mol. The van der Waals surface area contributed by atoms with E-state index < -0.39 is 0 Å². The number of benzene rings is 1. The van der Waals surface area contributed by atoms with Crippen LogP contribution in [0.1, 0.15) is 18.9 Å². The number of hydrogen-bond acceptors (Lipinski definition) is 2. The number of halogens is 1. The van der Waals surface area contributed by atoms with E-state index >= 15 is 0 Å². The molecule has 82 valence electrons. The monoisotopic (exact) mass is 269 g/mol. The molecule has 0 saturated carbocycles. The van der Waals surface area contributed by atoms with Gasteiger partial charge < -0.3 is 0 Å². The lowest BCUT2D eigenvalue weighted by Crippen LogP contribution is -2.24. The van der Waals surface area contributed by atoms with E-state index in [9.17, 15) is 4.79 Å². The summed E-state index contributed by atoms with van der Waals surface area (Å²) in [4.78, 5) is 13.3. The smallest absolute Gasteiger partial charge is 0.146 e. The predicted octanol–water partition coefficient (Wildman–Crippen LogP) is 2.86. The zero-order valence-corrected chi connectivity index (χ0v) is 10.8. The first-order valence-corrected chi connectivity index (χ1v) is 5.85. The van der Waals surface area contributed by atoms with Gasteiger partial charge in [0.1, 0.15) is 5.78 Å². The van der Waals surface area contributed by atoms with Gasteiger partial charge in [-0.15, -0.1) is 0 Å². The summed E-state index contributed by atoms with van der Waals surface area (Å²) in [5, 5.41) is 0. The molecule has 3 heteroatoms. The third-order valence-corrected chi connectivity index (χ3v) is 2.74. The van der Waals surface area contributed by atoms with Crippen molar-refractivity contribution >= 4 is 21.7 Å². The number of carbonyl (C=O) groups is 1. The normalized spacial score (nSPS) is 10.7. The van der Waals surface area contributed by atoms with Gasteiger partial charge in [-0.25, -0.2) is 0 Å². The van der Waals surface area contributed by atoms with Crippen molar-refractivity contribution in [2.24, 2.45) is 0 Å².